The van der Waals surface area contributed by atoms with Gasteiger partial charge in [-0.2, -0.15) is 0 Å². The third-order valence-corrected chi connectivity index (χ3v) is 5.72. The number of imide groups is 1. The lowest BCUT2D eigenvalue weighted by Crippen LogP contribution is -2.32. The molecule has 6 nitrogen and oxygen atoms in total. The predicted octanol–water partition coefficient (Wildman–Crippen LogP) is 5.33. The molecule has 3 aromatic rings. The third kappa shape index (κ3) is 4.38. The minimum atomic E-state index is -0.403. The minimum absolute atomic E-state index is 0.251. The second-order valence-electron chi connectivity index (χ2n) is 7.10. The zero-order valence-electron chi connectivity index (χ0n) is 18.0. The van der Waals surface area contributed by atoms with Crippen LogP contribution in [0.3, 0.4) is 0 Å². The van der Waals surface area contributed by atoms with Crippen LogP contribution in [0.5, 0.6) is 11.5 Å². The van der Waals surface area contributed by atoms with E-state index in [9.17, 15) is 9.59 Å². The minimum Gasteiger partial charge on any atom is -0.494 e. The van der Waals surface area contributed by atoms with Gasteiger partial charge in [-0.25, -0.2) is 4.90 Å². The maximum atomic E-state index is 13.4. The molecule has 1 aromatic heterocycles. The number of nitrogens with zero attached hydrogens (tertiary/aromatic N) is 1. The molecule has 0 fully saturated rings. The molecule has 0 saturated carbocycles. The van der Waals surface area contributed by atoms with Crippen molar-refractivity contribution >= 4 is 40.1 Å². The van der Waals surface area contributed by atoms with Gasteiger partial charge in [-0.3, -0.25) is 9.59 Å². The maximum Gasteiger partial charge on any atom is 0.282 e. The Labute approximate surface area is 191 Å². The number of benzene rings is 2. The van der Waals surface area contributed by atoms with Crippen LogP contribution in [0.4, 0.5) is 11.4 Å². The standard InChI is InChI=1S/C25H24N2O4S/c1-3-14-31-20-8-5-7-18(16-20)27-24(28)22(21-9-6-15-32-21)23(25(27)29)26-17-10-12-19(13-11-17)30-4-2/h5-13,15-16,26H,3-4,14H2,1-2H3. The number of anilines is 2. The van der Waals surface area contributed by atoms with Crippen LogP contribution < -0.4 is 19.7 Å². The summed E-state index contributed by atoms with van der Waals surface area (Å²) in [6, 6.07) is 18.1. The number of thiophene rings is 1. The Morgan fingerprint density at radius 1 is 0.906 bits per heavy atom. The first-order valence-electron chi connectivity index (χ1n) is 10.5. The summed E-state index contributed by atoms with van der Waals surface area (Å²) < 4.78 is 11.2. The Morgan fingerprint density at radius 3 is 2.41 bits per heavy atom. The molecule has 2 heterocycles. The summed E-state index contributed by atoms with van der Waals surface area (Å²) in [7, 11) is 0. The van der Waals surface area contributed by atoms with Gasteiger partial charge in [0.15, 0.2) is 0 Å². The van der Waals surface area contributed by atoms with Crippen LogP contribution in [0.15, 0.2) is 71.7 Å². The van der Waals surface area contributed by atoms with Gasteiger partial charge in [0.25, 0.3) is 11.8 Å². The number of ether oxygens (including phenoxy) is 2. The van der Waals surface area contributed by atoms with Crippen molar-refractivity contribution in [3.63, 3.8) is 0 Å². The van der Waals surface area contributed by atoms with Crippen molar-refractivity contribution in [3.8, 4) is 11.5 Å². The smallest absolute Gasteiger partial charge is 0.282 e. The quantitative estimate of drug-likeness (QED) is 0.448. The molecule has 2 aromatic carbocycles. The average Bonchev–Trinajstić information content (AvgIpc) is 3.41. The number of amides is 2. The van der Waals surface area contributed by atoms with E-state index in [4.69, 9.17) is 9.47 Å². The lowest BCUT2D eigenvalue weighted by molar-refractivity contribution is -0.120. The van der Waals surface area contributed by atoms with E-state index >= 15 is 0 Å². The lowest BCUT2D eigenvalue weighted by atomic mass is 10.2. The van der Waals surface area contributed by atoms with Crippen molar-refractivity contribution in [1.82, 2.24) is 0 Å². The van der Waals surface area contributed by atoms with Crippen LogP contribution in [0.25, 0.3) is 5.57 Å². The van der Waals surface area contributed by atoms with Gasteiger partial charge in [0.05, 0.1) is 24.5 Å². The monoisotopic (exact) mass is 448 g/mol. The summed E-state index contributed by atoms with van der Waals surface area (Å²) in [5.74, 6) is 0.596. The highest BCUT2D eigenvalue weighted by Crippen LogP contribution is 2.36. The highest BCUT2D eigenvalue weighted by Gasteiger charge is 2.40. The third-order valence-electron chi connectivity index (χ3n) is 4.83. The zero-order chi connectivity index (χ0) is 22.5. The number of hydrogen-bond acceptors (Lipinski definition) is 6. The Balaban J connectivity index is 1.68. The van der Waals surface area contributed by atoms with Crippen LogP contribution in [0.1, 0.15) is 25.1 Å². The molecule has 0 atom stereocenters. The van der Waals surface area contributed by atoms with Crippen molar-refractivity contribution in [2.45, 2.75) is 20.3 Å². The van der Waals surface area contributed by atoms with E-state index in [1.165, 1.54) is 16.2 Å². The largest absolute Gasteiger partial charge is 0.494 e. The normalized spacial score (nSPS) is 13.6. The lowest BCUT2D eigenvalue weighted by Gasteiger charge is -2.16. The molecule has 4 rings (SSSR count). The molecule has 2 amide bonds. The summed E-state index contributed by atoms with van der Waals surface area (Å²) >= 11 is 1.42. The van der Waals surface area contributed by atoms with Gasteiger partial charge in [-0.1, -0.05) is 19.1 Å². The van der Waals surface area contributed by atoms with E-state index in [-0.39, 0.29) is 11.6 Å². The van der Waals surface area contributed by atoms with E-state index < -0.39 is 5.91 Å². The molecular formula is C25H24N2O4S. The van der Waals surface area contributed by atoms with Gasteiger partial charge < -0.3 is 14.8 Å². The molecule has 7 heteroatoms. The molecular weight excluding hydrogens is 424 g/mol. The van der Waals surface area contributed by atoms with Crippen molar-refractivity contribution in [1.29, 1.82) is 0 Å². The first-order chi connectivity index (χ1) is 15.6. The summed E-state index contributed by atoms with van der Waals surface area (Å²) in [5.41, 5.74) is 1.78. The van der Waals surface area contributed by atoms with E-state index in [1.807, 2.05) is 61.7 Å². The molecule has 0 unspecified atom stereocenters. The number of rotatable bonds is 9. The van der Waals surface area contributed by atoms with E-state index in [2.05, 4.69) is 5.32 Å². The topological polar surface area (TPSA) is 67.9 Å². The van der Waals surface area contributed by atoms with Gasteiger partial charge >= 0.3 is 0 Å². The molecule has 0 aliphatic carbocycles. The molecule has 0 saturated heterocycles. The van der Waals surface area contributed by atoms with Gasteiger partial charge in [0, 0.05) is 16.6 Å². The average molecular weight is 449 g/mol. The van der Waals surface area contributed by atoms with Crippen LogP contribution >= 0.6 is 11.3 Å². The zero-order valence-corrected chi connectivity index (χ0v) is 18.8. The number of hydrogen-bond donors (Lipinski definition) is 1. The summed E-state index contributed by atoms with van der Waals surface area (Å²) in [4.78, 5) is 28.8. The van der Waals surface area contributed by atoms with Gasteiger partial charge in [0.1, 0.15) is 17.2 Å². The van der Waals surface area contributed by atoms with E-state index in [0.717, 1.165) is 17.0 Å². The molecule has 0 radical (unpaired) electrons. The van der Waals surface area contributed by atoms with Crippen LogP contribution in [-0.4, -0.2) is 25.0 Å². The molecule has 1 aliphatic heterocycles. The van der Waals surface area contributed by atoms with Gasteiger partial charge in [-0.15, -0.1) is 11.3 Å². The Kier molecular flexibility index (Phi) is 6.56. The predicted molar refractivity (Wildman–Crippen MR) is 127 cm³/mol. The Bertz CT molecular complexity index is 1140. The highest BCUT2D eigenvalue weighted by atomic mass is 32.1. The van der Waals surface area contributed by atoms with E-state index in [1.54, 1.807) is 18.2 Å². The van der Waals surface area contributed by atoms with Crippen molar-refractivity contribution in [2.75, 3.05) is 23.4 Å². The summed E-state index contributed by atoms with van der Waals surface area (Å²) in [6.45, 7) is 5.08. The molecule has 164 valence electrons. The van der Waals surface area contributed by atoms with Crippen LogP contribution in [-0.2, 0) is 9.59 Å². The molecule has 0 spiro atoms. The molecule has 1 N–H and O–H groups in total. The van der Waals surface area contributed by atoms with Crippen molar-refractivity contribution in [3.05, 3.63) is 76.6 Å². The maximum absolute atomic E-state index is 13.4. The van der Waals surface area contributed by atoms with Crippen molar-refractivity contribution < 1.29 is 19.1 Å². The van der Waals surface area contributed by atoms with E-state index in [0.29, 0.717) is 35.9 Å². The number of nitrogens with one attached hydrogen (secondary N) is 1. The summed E-state index contributed by atoms with van der Waals surface area (Å²) in [5, 5.41) is 5.05. The first-order valence-corrected chi connectivity index (χ1v) is 11.4. The first kappa shape index (κ1) is 21.6. The SMILES string of the molecule is CCCOc1cccc(N2C(=O)C(Nc3ccc(OCC)cc3)=C(c3cccs3)C2=O)c1. The van der Waals surface area contributed by atoms with Crippen LogP contribution in [0, 0.1) is 0 Å². The molecule has 0 bridgehead atoms. The van der Waals surface area contributed by atoms with Crippen molar-refractivity contribution in [2.24, 2.45) is 0 Å². The van der Waals surface area contributed by atoms with Gasteiger partial charge in [-0.05, 0) is 61.2 Å². The Morgan fingerprint density at radius 2 is 1.72 bits per heavy atom. The number of carbonyl (C=O) groups excluding carboxylic acids is 2. The number of carbonyl (C=O) groups is 2. The second kappa shape index (κ2) is 9.70. The second-order valence-corrected chi connectivity index (χ2v) is 8.05. The van der Waals surface area contributed by atoms with Crippen LogP contribution in [0.2, 0.25) is 0 Å². The summed E-state index contributed by atoms with van der Waals surface area (Å²) in [6.07, 6.45) is 0.867. The fourth-order valence-corrected chi connectivity index (χ4v) is 4.18. The molecule has 1 aliphatic rings. The molecule has 32 heavy (non-hydrogen) atoms. The highest BCUT2D eigenvalue weighted by molar-refractivity contribution is 7.11. The van der Waals surface area contributed by atoms with Gasteiger partial charge in [0.2, 0.25) is 0 Å². The fraction of sp³-hybridized carbons (Fsp3) is 0.200. The fourth-order valence-electron chi connectivity index (χ4n) is 3.41. The Hall–Kier alpha value is -3.58.